The van der Waals surface area contributed by atoms with Gasteiger partial charge in [0.25, 0.3) is 0 Å². The number of aliphatic hydroxyl groups excluding tert-OH is 1. The quantitative estimate of drug-likeness (QED) is 0.851. The number of morpholine rings is 1. The maximum atomic E-state index is 9.16. The lowest BCUT2D eigenvalue weighted by Crippen LogP contribution is -2.42. The Balaban J connectivity index is 1.97. The third kappa shape index (κ3) is 4.10. The van der Waals surface area contributed by atoms with Crippen LogP contribution in [0.5, 0.6) is 11.5 Å². The molecule has 1 aliphatic heterocycles. The molecule has 1 saturated heterocycles. The highest BCUT2D eigenvalue weighted by atomic mass is 16.5. The third-order valence-corrected chi connectivity index (χ3v) is 3.26. The van der Waals surface area contributed by atoms with Crippen molar-refractivity contribution >= 4 is 0 Å². The summed E-state index contributed by atoms with van der Waals surface area (Å²) >= 11 is 0. The average Bonchev–Trinajstić information content (AvgIpc) is 2.46. The van der Waals surface area contributed by atoms with E-state index in [4.69, 9.17) is 19.3 Å². The summed E-state index contributed by atoms with van der Waals surface area (Å²) in [5.74, 6) is 1.36. The molecule has 5 heteroatoms. The minimum absolute atomic E-state index is 0.00309. The molecule has 1 unspecified atom stereocenters. The molecule has 1 heterocycles. The zero-order chi connectivity index (χ0) is 14.4. The van der Waals surface area contributed by atoms with Gasteiger partial charge >= 0.3 is 0 Å². The Bertz CT molecular complexity index is 424. The first-order chi connectivity index (χ1) is 9.72. The molecule has 1 atom stereocenters. The van der Waals surface area contributed by atoms with Crippen LogP contribution in [0.3, 0.4) is 0 Å². The first-order valence-corrected chi connectivity index (χ1v) is 7.02. The molecule has 0 aliphatic carbocycles. The summed E-state index contributed by atoms with van der Waals surface area (Å²) in [6.45, 7) is 5.57. The van der Waals surface area contributed by atoms with Crippen LogP contribution in [0.2, 0.25) is 0 Å². The number of hydrogen-bond acceptors (Lipinski definition) is 5. The summed E-state index contributed by atoms with van der Waals surface area (Å²) in [6, 6.07) is 5.49. The first-order valence-electron chi connectivity index (χ1n) is 7.02. The van der Waals surface area contributed by atoms with Crippen LogP contribution in [0, 0.1) is 0 Å². The Morgan fingerprint density at radius 1 is 1.35 bits per heavy atom. The van der Waals surface area contributed by atoms with Crippen molar-refractivity contribution < 1.29 is 19.3 Å². The Labute approximate surface area is 120 Å². The van der Waals surface area contributed by atoms with Gasteiger partial charge < -0.3 is 24.2 Å². The topological polar surface area (TPSA) is 51.2 Å². The molecule has 1 aromatic rings. The number of ether oxygens (including phenoxy) is 3. The van der Waals surface area contributed by atoms with Gasteiger partial charge in [-0.25, -0.2) is 0 Å². The predicted molar refractivity (Wildman–Crippen MR) is 76.3 cm³/mol. The number of benzene rings is 1. The smallest absolute Gasteiger partial charge is 0.161 e. The second-order valence-electron chi connectivity index (χ2n) is 4.94. The summed E-state index contributed by atoms with van der Waals surface area (Å²) in [7, 11) is 2.08. The van der Waals surface area contributed by atoms with Gasteiger partial charge in [-0.15, -0.1) is 0 Å². The van der Waals surface area contributed by atoms with Gasteiger partial charge in [0, 0.05) is 13.1 Å². The second-order valence-corrected chi connectivity index (χ2v) is 4.94. The van der Waals surface area contributed by atoms with Crippen LogP contribution < -0.4 is 9.47 Å². The predicted octanol–water partition coefficient (Wildman–Crippen LogP) is 1.29. The molecule has 20 heavy (non-hydrogen) atoms. The zero-order valence-corrected chi connectivity index (χ0v) is 12.2. The number of likely N-dealkylation sites (N-methyl/N-ethyl adjacent to an activating group) is 1. The molecule has 0 spiro atoms. The van der Waals surface area contributed by atoms with Gasteiger partial charge in [0.2, 0.25) is 0 Å². The molecule has 0 amide bonds. The van der Waals surface area contributed by atoms with Crippen molar-refractivity contribution in [3.8, 4) is 11.5 Å². The van der Waals surface area contributed by atoms with Crippen LogP contribution >= 0.6 is 0 Å². The van der Waals surface area contributed by atoms with Gasteiger partial charge in [-0.1, -0.05) is 6.07 Å². The fraction of sp³-hybridized carbons (Fsp3) is 0.600. The van der Waals surface area contributed by atoms with Crippen LogP contribution in [0.1, 0.15) is 12.5 Å². The molecule has 1 fully saturated rings. The molecular formula is C15H23NO4. The summed E-state index contributed by atoms with van der Waals surface area (Å²) in [6.07, 6.45) is 0.0840. The molecule has 5 nitrogen and oxygen atoms in total. The van der Waals surface area contributed by atoms with Crippen molar-refractivity contribution in [3.63, 3.8) is 0 Å². The first kappa shape index (κ1) is 15.1. The molecule has 112 valence electrons. The fourth-order valence-electron chi connectivity index (χ4n) is 2.19. The monoisotopic (exact) mass is 281 g/mol. The van der Waals surface area contributed by atoms with Gasteiger partial charge in [0.15, 0.2) is 11.5 Å². The Hall–Kier alpha value is -1.30. The van der Waals surface area contributed by atoms with Crippen molar-refractivity contribution in [2.45, 2.75) is 19.6 Å². The van der Waals surface area contributed by atoms with E-state index in [-0.39, 0.29) is 12.7 Å². The lowest BCUT2D eigenvalue weighted by molar-refractivity contribution is -0.0406. The Morgan fingerprint density at radius 2 is 2.20 bits per heavy atom. The molecule has 0 bridgehead atoms. The number of rotatable bonds is 6. The lowest BCUT2D eigenvalue weighted by atomic mass is 10.2. The molecule has 0 saturated carbocycles. The van der Waals surface area contributed by atoms with E-state index in [2.05, 4.69) is 11.9 Å². The third-order valence-electron chi connectivity index (χ3n) is 3.26. The van der Waals surface area contributed by atoms with Gasteiger partial charge in [0.05, 0.1) is 19.8 Å². The van der Waals surface area contributed by atoms with Crippen molar-refractivity contribution in [1.29, 1.82) is 0 Å². The SMILES string of the molecule is CCOc1cc(CO)ccc1OCC1CN(C)CCO1. The summed E-state index contributed by atoms with van der Waals surface area (Å²) in [5.41, 5.74) is 0.814. The number of nitrogens with zero attached hydrogens (tertiary/aromatic N) is 1. The minimum Gasteiger partial charge on any atom is -0.490 e. The fourth-order valence-corrected chi connectivity index (χ4v) is 2.19. The van der Waals surface area contributed by atoms with Crippen LogP contribution in [0.15, 0.2) is 18.2 Å². The van der Waals surface area contributed by atoms with E-state index in [0.29, 0.717) is 24.7 Å². The van der Waals surface area contributed by atoms with Crippen molar-refractivity contribution in [1.82, 2.24) is 4.90 Å². The van der Waals surface area contributed by atoms with Crippen LogP contribution in [-0.4, -0.2) is 56.1 Å². The Kier molecular flexibility index (Phi) is 5.64. The van der Waals surface area contributed by atoms with Crippen LogP contribution in [0.4, 0.5) is 0 Å². The van der Waals surface area contributed by atoms with E-state index in [0.717, 1.165) is 25.3 Å². The van der Waals surface area contributed by atoms with Gasteiger partial charge in [-0.05, 0) is 31.7 Å². The maximum Gasteiger partial charge on any atom is 0.161 e. The molecular weight excluding hydrogens is 258 g/mol. The lowest BCUT2D eigenvalue weighted by Gasteiger charge is -2.30. The van der Waals surface area contributed by atoms with Crippen LogP contribution in [-0.2, 0) is 11.3 Å². The van der Waals surface area contributed by atoms with E-state index >= 15 is 0 Å². The van der Waals surface area contributed by atoms with E-state index in [1.807, 2.05) is 25.1 Å². The maximum absolute atomic E-state index is 9.16. The Morgan fingerprint density at radius 3 is 2.90 bits per heavy atom. The highest BCUT2D eigenvalue weighted by molar-refractivity contribution is 5.42. The number of hydrogen-bond donors (Lipinski definition) is 1. The highest BCUT2D eigenvalue weighted by Crippen LogP contribution is 2.29. The molecule has 1 N–H and O–H groups in total. The van der Waals surface area contributed by atoms with Crippen molar-refractivity contribution in [2.24, 2.45) is 0 Å². The van der Waals surface area contributed by atoms with Crippen molar-refractivity contribution in [3.05, 3.63) is 23.8 Å². The summed E-state index contributed by atoms with van der Waals surface area (Å²) in [4.78, 5) is 2.23. The van der Waals surface area contributed by atoms with Crippen molar-refractivity contribution in [2.75, 3.05) is 40.0 Å². The molecule has 2 rings (SSSR count). The summed E-state index contributed by atoms with van der Waals surface area (Å²) < 4.78 is 17.0. The van der Waals surface area contributed by atoms with E-state index in [1.165, 1.54) is 0 Å². The van der Waals surface area contributed by atoms with E-state index in [1.54, 1.807) is 0 Å². The standard InChI is InChI=1S/C15H23NO4/c1-3-18-15-8-12(10-17)4-5-14(15)20-11-13-9-16(2)6-7-19-13/h4-5,8,13,17H,3,6-7,9-11H2,1-2H3. The minimum atomic E-state index is -0.00309. The van der Waals surface area contributed by atoms with E-state index < -0.39 is 0 Å². The number of aliphatic hydroxyl groups is 1. The van der Waals surface area contributed by atoms with Gasteiger partial charge in [-0.2, -0.15) is 0 Å². The normalized spacial score (nSPS) is 19.9. The molecule has 1 aliphatic rings. The molecule has 0 aromatic heterocycles. The average molecular weight is 281 g/mol. The van der Waals surface area contributed by atoms with E-state index in [9.17, 15) is 0 Å². The summed E-state index contributed by atoms with van der Waals surface area (Å²) in [5, 5.41) is 9.16. The van der Waals surface area contributed by atoms with Crippen LogP contribution in [0.25, 0.3) is 0 Å². The van der Waals surface area contributed by atoms with Gasteiger partial charge in [-0.3, -0.25) is 0 Å². The van der Waals surface area contributed by atoms with Gasteiger partial charge in [0.1, 0.15) is 12.7 Å². The molecule has 1 aromatic carbocycles. The second kappa shape index (κ2) is 7.47. The zero-order valence-electron chi connectivity index (χ0n) is 12.2. The highest BCUT2D eigenvalue weighted by Gasteiger charge is 2.19. The largest absolute Gasteiger partial charge is 0.490 e. The molecule has 0 radical (unpaired) electrons.